The number of hydrogen-bond donors (Lipinski definition) is 1. The standard InChI is InChI=1S/C14H16F3NO/c1-18-13(12-7-2-3-8-19-12)10-5-4-6-11(9-10)14(15,16)17/h4-7,9,13,18H,2-3,8H2,1H3. The minimum absolute atomic E-state index is 0.331. The van der Waals surface area contributed by atoms with Crippen molar-refractivity contribution in [1.29, 1.82) is 0 Å². The summed E-state index contributed by atoms with van der Waals surface area (Å²) < 4.78 is 43.7. The molecule has 1 aliphatic heterocycles. The lowest BCUT2D eigenvalue weighted by Gasteiger charge is -2.24. The molecule has 0 amide bonds. The van der Waals surface area contributed by atoms with Crippen LogP contribution in [0.4, 0.5) is 13.2 Å². The van der Waals surface area contributed by atoms with E-state index < -0.39 is 11.7 Å². The zero-order valence-corrected chi connectivity index (χ0v) is 10.6. The van der Waals surface area contributed by atoms with E-state index in [1.54, 1.807) is 13.1 Å². The lowest BCUT2D eigenvalue weighted by Crippen LogP contribution is -2.22. The Bertz CT molecular complexity index is 468. The van der Waals surface area contributed by atoms with Crippen LogP contribution in [0.3, 0.4) is 0 Å². The number of hydrogen-bond acceptors (Lipinski definition) is 2. The van der Waals surface area contributed by atoms with Gasteiger partial charge in [-0.2, -0.15) is 13.2 Å². The molecule has 1 N–H and O–H groups in total. The average Bonchev–Trinajstić information content (AvgIpc) is 2.40. The van der Waals surface area contributed by atoms with Gasteiger partial charge in [-0.25, -0.2) is 0 Å². The lowest BCUT2D eigenvalue weighted by atomic mass is 10.0. The molecule has 1 atom stereocenters. The van der Waals surface area contributed by atoms with Crippen LogP contribution in [0.2, 0.25) is 0 Å². The van der Waals surface area contributed by atoms with Gasteiger partial charge in [0.05, 0.1) is 18.2 Å². The molecule has 0 bridgehead atoms. The van der Waals surface area contributed by atoms with E-state index in [-0.39, 0.29) is 6.04 Å². The highest BCUT2D eigenvalue weighted by Gasteiger charge is 2.31. The third-order valence-electron chi connectivity index (χ3n) is 3.08. The number of likely N-dealkylation sites (N-methyl/N-ethyl adjacent to an activating group) is 1. The van der Waals surface area contributed by atoms with Gasteiger partial charge in [0.25, 0.3) is 0 Å². The molecule has 0 saturated heterocycles. The van der Waals surface area contributed by atoms with E-state index in [1.807, 2.05) is 6.08 Å². The monoisotopic (exact) mass is 271 g/mol. The molecule has 0 fully saturated rings. The zero-order chi connectivity index (χ0) is 13.9. The molecule has 1 aromatic rings. The molecule has 1 heterocycles. The maximum Gasteiger partial charge on any atom is 0.416 e. The predicted molar refractivity (Wildman–Crippen MR) is 66.5 cm³/mol. The van der Waals surface area contributed by atoms with Crippen LogP contribution in [0.15, 0.2) is 36.1 Å². The first-order chi connectivity index (χ1) is 9.02. The number of ether oxygens (including phenoxy) is 1. The third kappa shape index (κ3) is 3.29. The van der Waals surface area contributed by atoms with Gasteiger partial charge < -0.3 is 10.1 Å². The Kier molecular flexibility index (Phi) is 4.14. The van der Waals surface area contributed by atoms with Gasteiger partial charge in [-0.3, -0.25) is 0 Å². The molecule has 0 radical (unpaired) electrons. The fourth-order valence-electron chi connectivity index (χ4n) is 2.15. The Morgan fingerprint density at radius 1 is 1.32 bits per heavy atom. The number of allylic oxidation sites excluding steroid dienone is 1. The lowest BCUT2D eigenvalue weighted by molar-refractivity contribution is -0.137. The highest BCUT2D eigenvalue weighted by Crippen LogP contribution is 2.32. The Morgan fingerprint density at radius 3 is 2.68 bits per heavy atom. The minimum atomic E-state index is -4.32. The number of alkyl halides is 3. The summed E-state index contributed by atoms with van der Waals surface area (Å²) in [7, 11) is 1.71. The van der Waals surface area contributed by atoms with E-state index in [4.69, 9.17) is 4.74 Å². The van der Waals surface area contributed by atoms with Gasteiger partial charge in [-0.15, -0.1) is 0 Å². The molecule has 19 heavy (non-hydrogen) atoms. The van der Waals surface area contributed by atoms with Crippen LogP contribution in [0.25, 0.3) is 0 Å². The van der Waals surface area contributed by atoms with E-state index in [9.17, 15) is 13.2 Å². The maximum atomic E-state index is 12.7. The van der Waals surface area contributed by atoms with Crippen molar-refractivity contribution in [3.05, 3.63) is 47.2 Å². The molecule has 0 spiro atoms. The van der Waals surface area contributed by atoms with Crippen LogP contribution in [0, 0.1) is 0 Å². The van der Waals surface area contributed by atoms with Crippen LogP contribution in [0.1, 0.15) is 30.0 Å². The fourth-order valence-corrected chi connectivity index (χ4v) is 2.15. The Hall–Kier alpha value is -1.49. The molecule has 5 heteroatoms. The van der Waals surface area contributed by atoms with Gasteiger partial charge in [0.1, 0.15) is 5.76 Å². The first-order valence-corrected chi connectivity index (χ1v) is 6.19. The Labute approximate surface area is 110 Å². The van der Waals surface area contributed by atoms with E-state index in [2.05, 4.69) is 5.32 Å². The second-order valence-corrected chi connectivity index (χ2v) is 4.44. The first kappa shape index (κ1) is 13.9. The van der Waals surface area contributed by atoms with Crippen molar-refractivity contribution >= 4 is 0 Å². The molecular formula is C14H16F3NO. The molecule has 0 aromatic heterocycles. The van der Waals surface area contributed by atoms with E-state index in [0.717, 1.165) is 18.9 Å². The highest BCUT2D eigenvalue weighted by atomic mass is 19.4. The van der Waals surface area contributed by atoms with Crippen LogP contribution < -0.4 is 5.32 Å². The topological polar surface area (TPSA) is 21.3 Å². The number of rotatable bonds is 3. The first-order valence-electron chi connectivity index (χ1n) is 6.19. The summed E-state index contributed by atoms with van der Waals surface area (Å²) in [5.41, 5.74) is -0.0767. The highest BCUT2D eigenvalue weighted by molar-refractivity contribution is 5.32. The van der Waals surface area contributed by atoms with Crippen LogP contribution in [-0.2, 0) is 10.9 Å². The summed E-state index contributed by atoms with van der Waals surface area (Å²) in [5, 5.41) is 3.01. The Morgan fingerprint density at radius 2 is 2.11 bits per heavy atom. The molecule has 104 valence electrons. The largest absolute Gasteiger partial charge is 0.496 e. The summed E-state index contributed by atoms with van der Waals surface area (Å²) in [4.78, 5) is 0. The summed E-state index contributed by atoms with van der Waals surface area (Å²) >= 11 is 0. The number of nitrogens with one attached hydrogen (secondary N) is 1. The third-order valence-corrected chi connectivity index (χ3v) is 3.08. The van der Waals surface area contributed by atoms with Crippen molar-refractivity contribution in [3.63, 3.8) is 0 Å². The molecule has 1 unspecified atom stereocenters. The maximum absolute atomic E-state index is 12.7. The van der Waals surface area contributed by atoms with Crippen LogP contribution in [-0.4, -0.2) is 13.7 Å². The van der Waals surface area contributed by atoms with Crippen molar-refractivity contribution in [3.8, 4) is 0 Å². The summed E-state index contributed by atoms with van der Waals surface area (Å²) in [6, 6.07) is 5.01. The molecule has 2 nitrogen and oxygen atoms in total. The molecule has 2 rings (SSSR count). The molecule has 1 aromatic carbocycles. The van der Waals surface area contributed by atoms with Crippen LogP contribution in [0.5, 0.6) is 0 Å². The fraction of sp³-hybridized carbons (Fsp3) is 0.429. The van der Waals surface area contributed by atoms with Gasteiger partial charge in [0, 0.05) is 0 Å². The average molecular weight is 271 g/mol. The van der Waals surface area contributed by atoms with E-state index in [0.29, 0.717) is 17.9 Å². The van der Waals surface area contributed by atoms with Crippen molar-refractivity contribution in [2.24, 2.45) is 0 Å². The summed E-state index contributed by atoms with van der Waals surface area (Å²) in [6.07, 6.45) is -0.546. The van der Waals surface area contributed by atoms with Crippen molar-refractivity contribution in [1.82, 2.24) is 5.32 Å². The van der Waals surface area contributed by atoms with Crippen molar-refractivity contribution in [2.45, 2.75) is 25.1 Å². The number of halogens is 3. The molecule has 0 saturated carbocycles. The molecule has 1 aliphatic rings. The van der Waals surface area contributed by atoms with Gasteiger partial charge >= 0.3 is 6.18 Å². The second kappa shape index (κ2) is 5.65. The number of benzene rings is 1. The molecular weight excluding hydrogens is 255 g/mol. The predicted octanol–water partition coefficient (Wildman–Crippen LogP) is 3.66. The SMILES string of the molecule is CNC(C1=CCCCO1)c1cccc(C(F)(F)F)c1. The normalized spacial score (nSPS) is 17.6. The Balaban J connectivity index is 2.30. The van der Waals surface area contributed by atoms with Crippen molar-refractivity contribution < 1.29 is 17.9 Å². The molecule has 0 aliphatic carbocycles. The second-order valence-electron chi connectivity index (χ2n) is 4.44. The van der Waals surface area contributed by atoms with Gasteiger partial charge in [0.2, 0.25) is 0 Å². The van der Waals surface area contributed by atoms with E-state index in [1.165, 1.54) is 12.1 Å². The quantitative estimate of drug-likeness (QED) is 0.905. The van der Waals surface area contributed by atoms with Gasteiger partial charge in [0.15, 0.2) is 0 Å². The van der Waals surface area contributed by atoms with Crippen molar-refractivity contribution in [2.75, 3.05) is 13.7 Å². The van der Waals surface area contributed by atoms with E-state index >= 15 is 0 Å². The summed E-state index contributed by atoms with van der Waals surface area (Å²) in [6.45, 7) is 0.614. The van der Waals surface area contributed by atoms with Gasteiger partial charge in [-0.1, -0.05) is 12.1 Å². The smallest absolute Gasteiger partial charge is 0.416 e. The van der Waals surface area contributed by atoms with Gasteiger partial charge in [-0.05, 0) is 43.7 Å². The zero-order valence-electron chi connectivity index (χ0n) is 10.6. The van der Waals surface area contributed by atoms with Crippen LogP contribution >= 0.6 is 0 Å². The summed E-state index contributed by atoms with van der Waals surface area (Å²) in [5.74, 6) is 0.702. The minimum Gasteiger partial charge on any atom is -0.496 e.